The Labute approximate surface area is 290 Å². The summed E-state index contributed by atoms with van der Waals surface area (Å²) in [7, 11) is 0. The van der Waals surface area contributed by atoms with Crippen molar-refractivity contribution in [3.05, 3.63) is 84.1 Å². The van der Waals surface area contributed by atoms with Gasteiger partial charge in [0.05, 0.1) is 48.5 Å². The number of pyridine rings is 3. The lowest BCUT2D eigenvalue weighted by Crippen LogP contribution is -2.58. The molecule has 5 rings (SSSR count). The van der Waals surface area contributed by atoms with Gasteiger partial charge in [0, 0.05) is 42.3 Å². The second-order valence-corrected chi connectivity index (χ2v) is 13.3. The van der Waals surface area contributed by atoms with Crippen LogP contribution in [0.4, 0.5) is 15.8 Å². The molecule has 1 aliphatic heterocycles. The summed E-state index contributed by atoms with van der Waals surface area (Å²) < 4.78 is 16.1. The van der Waals surface area contributed by atoms with Crippen LogP contribution in [0.5, 0.6) is 0 Å². The molecule has 1 aromatic carbocycles. The zero-order chi connectivity index (χ0) is 34.6. The van der Waals surface area contributed by atoms with Crippen LogP contribution >= 0.6 is 46.4 Å². The van der Waals surface area contributed by atoms with E-state index in [0.717, 1.165) is 0 Å². The van der Waals surface area contributed by atoms with E-state index in [2.05, 4.69) is 17.6 Å². The number of nitriles is 1. The van der Waals surface area contributed by atoms with Crippen LogP contribution in [-0.2, 0) is 4.79 Å². The SMILES string of the molecule is C=CC(=O)N1[C@H](C)CN(c2c(C#N)c(=O)n(-c3c(C)ccnc3C(C)C)c3nc(-c4c(Cl)c(N)c(F)c(Cl)c4Cl)c(Cl)cc23)C[C@@H]1C. The van der Waals surface area contributed by atoms with Gasteiger partial charge < -0.3 is 15.5 Å². The topological polar surface area (TPSA) is 121 Å². The van der Waals surface area contributed by atoms with Crippen LogP contribution < -0.4 is 16.2 Å². The molecule has 1 fully saturated rings. The molecule has 9 nitrogen and oxygen atoms in total. The normalized spacial score (nSPS) is 16.6. The number of hydrogen-bond acceptors (Lipinski definition) is 7. The van der Waals surface area contributed by atoms with Gasteiger partial charge in [-0.2, -0.15) is 5.26 Å². The Balaban J connectivity index is 1.95. The first-order valence-electron chi connectivity index (χ1n) is 14.6. The smallest absolute Gasteiger partial charge is 0.276 e. The number of fused-ring (bicyclic) bond motifs is 1. The summed E-state index contributed by atoms with van der Waals surface area (Å²) in [6.07, 6.45) is 2.91. The third kappa shape index (κ3) is 5.59. The van der Waals surface area contributed by atoms with Crippen molar-refractivity contribution in [1.82, 2.24) is 19.4 Å². The summed E-state index contributed by atoms with van der Waals surface area (Å²) in [4.78, 5) is 40.3. The number of nitrogens with two attached hydrogens (primary N) is 1. The first kappa shape index (κ1) is 34.5. The fourth-order valence-corrected chi connectivity index (χ4v) is 7.29. The Morgan fingerprint density at radius 1 is 1.15 bits per heavy atom. The van der Waals surface area contributed by atoms with Crippen molar-refractivity contribution in [3.63, 3.8) is 0 Å². The van der Waals surface area contributed by atoms with Crippen LogP contribution in [0.1, 0.15) is 50.4 Å². The third-order valence-electron chi connectivity index (χ3n) is 8.31. The van der Waals surface area contributed by atoms with E-state index in [4.69, 9.17) is 57.1 Å². The molecular weight excluding hydrogens is 687 g/mol. The molecule has 2 atom stereocenters. The summed E-state index contributed by atoms with van der Waals surface area (Å²) in [5, 5.41) is 9.92. The highest BCUT2D eigenvalue weighted by Gasteiger charge is 2.36. The van der Waals surface area contributed by atoms with Crippen LogP contribution in [0.15, 0.2) is 35.8 Å². The highest BCUT2D eigenvalue weighted by molar-refractivity contribution is 6.48. The summed E-state index contributed by atoms with van der Waals surface area (Å²) in [6.45, 7) is 13.7. The van der Waals surface area contributed by atoms with E-state index >= 15 is 0 Å². The van der Waals surface area contributed by atoms with Gasteiger partial charge in [0.25, 0.3) is 5.56 Å². The molecule has 1 amide bonds. The second kappa shape index (κ2) is 13.0. The number of anilines is 2. The van der Waals surface area contributed by atoms with Crippen LogP contribution in [0.3, 0.4) is 0 Å². The maximum atomic E-state index is 14.7. The van der Waals surface area contributed by atoms with E-state index in [1.54, 1.807) is 23.2 Å². The molecule has 0 bridgehead atoms. The molecule has 0 saturated carbocycles. The number of benzene rings is 1. The molecule has 47 heavy (non-hydrogen) atoms. The fraction of sp³-hybridized carbons (Fsp3) is 0.303. The number of nitrogens with zero attached hydrogens (tertiary/aromatic N) is 6. The van der Waals surface area contributed by atoms with Crippen LogP contribution in [-0.4, -0.2) is 50.5 Å². The van der Waals surface area contributed by atoms with E-state index in [1.165, 1.54) is 10.6 Å². The van der Waals surface area contributed by atoms with Crippen LogP contribution in [0, 0.1) is 24.1 Å². The van der Waals surface area contributed by atoms with Gasteiger partial charge in [-0.25, -0.2) is 9.37 Å². The molecule has 0 radical (unpaired) electrons. The summed E-state index contributed by atoms with van der Waals surface area (Å²) in [6, 6.07) is 4.84. The molecule has 0 aliphatic carbocycles. The maximum Gasteiger partial charge on any atom is 0.276 e. The first-order chi connectivity index (χ1) is 22.2. The monoisotopic (exact) mass is 715 g/mol. The number of halogens is 5. The summed E-state index contributed by atoms with van der Waals surface area (Å²) >= 11 is 26.1. The van der Waals surface area contributed by atoms with Gasteiger partial charge in [-0.1, -0.05) is 66.8 Å². The predicted molar refractivity (Wildman–Crippen MR) is 187 cm³/mol. The zero-order valence-corrected chi connectivity index (χ0v) is 29.2. The van der Waals surface area contributed by atoms with Gasteiger partial charge in [-0.3, -0.25) is 19.1 Å². The molecule has 1 aliphatic rings. The lowest BCUT2D eigenvalue weighted by atomic mass is 10.0. The number of hydrogen-bond donors (Lipinski definition) is 1. The molecule has 0 spiro atoms. The van der Waals surface area contributed by atoms with E-state index in [9.17, 15) is 19.2 Å². The molecule has 244 valence electrons. The number of rotatable bonds is 5. The molecule has 0 unspecified atom stereocenters. The van der Waals surface area contributed by atoms with E-state index in [0.29, 0.717) is 41.1 Å². The number of aryl methyl sites for hydroxylation is 1. The van der Waals surface area contributed by atoms with Crippen molar-refractivity contribution >= 4 is 74.7 Å². The van der Waals surface area contributed by atoms with Gasteiger partial charge in [-0.15, -0.1) is 0 Å². The zero-order valence-electron chi connectivity index (χ0n) is 26.1. The Morgan fingerprint density at radius 3 is 2.36 bits per heavy atom. The lowest BCUT2D eigenvalue weighted by molar-refractivity contribution is -0.130. The van der Waals surface area contributed by atoms with Crippen molar-refractivity contribution in [3.8, 4) is 23.0 Å². The number of carbonyl (C=O) groups is 1. The number of nitrogen functional groups attached to an aromatic ring is 1. The Hall–Kier alpha value is -3.88. The van der Waals surface area contributed by atoms with Crippen molar-refractivity contribution in [1.29, 1.82) is 5.26 Å². The van der Waals surface area contributed by atoms with E-state index in [1.807, 2.05) is 39.5 Å². The molecule has 4 aromatic rings. The van der Waals surface area contributed by atoms with Crippen molar-refractivity contribution in [2.24, 2.45) is 0 Å². The summed E-state index contributed by atoms with van der Waals surface area (Å²) in [5.74, 6) is -1.34. The van der Waals surface area contributed by atoms with E-state index in [-0.39, 0.29) is 61.4 Å². The fourth-order valence-electron chi connectivity index (χ4n) is 6.27. The van der Waals surface area contributed by atoms with Crippen LogP contribution in [0.2, 0.25) is 20.1 Å². The quantitative estimate of drug-likeness (QED) is 0.0973. The Kier molecular flexibility index (Phi) is 9.50. The first-order valence-corrected chi connectivity index (χ1v) is 16.1. The van der Waals surface area contributed by atoms with Gasteiger partial charge in [-0.05, 0) is 50.5 Å². The standard InChI is InChI=1S/C33H30Cl4FN7O2/c1-7-21(46)44-16(5)12-43(13-17(44)6)31-18-10-20(34)29(22-23(35)25(37)26(38)27(40)24(22)36)42-32(18)45(33(47)19(31)11-39)30-15(4)8-9-41-28(30)14(2)3/h7-10,14,16-17H,1,12-13,40H2,2-6H3/t16-,17+. The summed E-state index contributed by atoms with van der Waals surface area (Å²) in [5.41, 5.74) is 6.80. The second-order valence-electron chi connectivity index (χ2n) is 11.8. The van der Waals surface area contributed by atoms with Crippen LogP contribution in [0.25, 0.3) is 28.0 Å². The van der Waals surface area contributed by atoms with Gasteiger partial charge in [0.15, 0.2) is 5.82 Å². The largest absolute Gasteiger partial charge is 0.395 e. The molecule has 3 aromatic heterocycles. The van der Waals surface area contributed by atoms with Gasteiger partial charge >= 0.3 is 0 Å². The van der Waals surface area contributed by atoms with Crippen molar-refractivity contribution < 1.29 is 9.18 Å². The minimum Gasteiger partial charge on any atom is -0.395 e. The van der Waals surface area contributed by atoms with Crippen molar-refractivity contribution in [2.45, 2.75) is 52.6 Å². The Bertz CT molecular complexity index is 2050. The number of carbonyl (C=O) groups excluding carboxylic acids is 1. The lowest BCUT2D eigenvalue weighted by Gasteiger charge is -2.45. The predicted octanol–water partition coefficient (Wildman–Crippen LogP) is 7.70. The highest BCUT2D eigenvalue weighted by atomic mass is 35.5. The molecule has 1 saturated heterocycles. The third-order valence-corrected chi connectivity index (χ3v) is 9.82. The molecule has 4 heterocycles. The minimum absolute atomic E-state index is 0.0117. The van der Waals surface area contributed by atoms with Gasteiger partial charge in [0.2, 0.25) is 5.91 Å². The molecule has 14 heteroatoms. The number of aromatic nitrogens is 3. The van der Waals surface area contributed by atoms with Crippen molar-refractivity contribution in [2.75, 3.05) is 23.7 Å². The van der Waals surface area contributed by atoms with Gasteiger partial charge in [0.1, 0.15) is 17.3 Å². The molecular formula is C33H30Cl4FN7O2. The number of piperazine rings is 1. The number of amides is 1. The average molecular weight is 717 g/mol. The average Bonchev–Trinajstić information content (AvgIpc) is 3.02. The molecule has 2 N–H and O–H groups in total. The highest BCUT2D eigenvalue weighted by Crippen LogP contribution is 2.47. The minimum atomic E-state index is -0.995. The van der Waals surface area contributed by atoms with E-state index < -0.39 is 22.1 Å². The maximum absolute atomic E-state index is 14.7. The Morgan fingerprint density at radius 2 is 1.79 bits per heavy atom.